The van der Waals surface area contributed by atoms with Gasteiger partial charge in [-0.25, -0.2) is 4.79 Å². The Bertz CT molecular complexity index is 712. The Balaban J connectivity index is 1.53. The van der Waals surface area contributed by atoms with Crippen LogP contribution in [0.5, 0.6) is 5.75 Å². The molecule has 2 aromatic rings. The Morgan fingerprint density at radius 3 is 2.85 bits per heavy atom. The van der Waals surface area contributed by atoms with Gasteiger partial charge < -0.3 is 20.1 Å². The number of urea groups is 1. The minimum atomic E-state index is -0.226. The third-order valence-electron chi connectivity index (χ3n) is 4.40. The lowest BCUT2D eigenvalue weighted by molar-refractivity contribution is 0.105. The maximum Gasteiger partial charge on any atom is 0.319 e. The molecule has 0 aromatic heterocycles. The molecular weight excluding hydrogens is 328 g/mol. The number of benzene rings is 2. The molecule has 0 bridgehead atoms. The van der Waals surface area contributed by atoms with Gasteiger partial charge in [-0.2, -0.15) is 0 Å². The maximum atomic E-state index is 12.2. The Labute approximate surface area is 154 Å². The molecule has 0 spiro atoms. The molecule has 3 rings (SSSR count). The van der Waals surface area contributed by atoms with Gasteiger partial charge in [0.05, 0.1) is 11.8 Å². The van der Waals surface area contributed by atoms with Gasteiger partial charge in [-0.1, -0.05) is 36.4 Å². The second-order valence-electron chi connectivity index (χ2n) is 6.58. The van der Waals surface area contributed by atoms with Gasteiger partial charge in [0, 0.05) is 13.2 Å². The molecule has 0 unspecified atom stereocenters. The fourth-order valence-corrected chi connectivity index (χ4v) is 2.97. The summed E-state index contributed by atoms with van der Waals surface area (Å²) in [6.07, 6.45) is 3.32. The standard InChI is InChI=1S/C21H26N2O3/c1-16-9-10-19(20(14-16)26-15-17-6-3-2-4-7-17)23-21(24)22-12-11-18-8-5-13-25-18/h2-4,6-7,9-10,14,18H,5,8,11-13,15H2,1H3,(H2,22,23,24)/t18-/m1/s1. The predicted molar refractivity (Wildman–Crippen MR) is 103 cm³/mol. The minimum absolute atomic E-state index is 0.226. The van der Waals surface area contributed by atoms with E-state index in [1.807, 2.05) is 55.5 Å². The molecule has 1 saturated heterocycles. The third-order valence-corrected chi connectivity index (χ3v) is 4.40. The van der Waals surface area contributed by atoms with Crippen LogP contribution in [0.15, 0.2) is 48.5 Å². The Hall–Kier alpha value is -2.53. The molecule has 2 amide bonds. The second kappa shape index (κ2) is 9.25. The van der Waals surface area contributed by atoms with E-state index >= 15 is 0 Å². The summed E-state index contributed by atoms with van der Waals surface area (Å²) in [7, 11) is 0. The van der Waals surface area contributed by atoms with E-state index in [0.29, 0.717) is 24.6 Å². The number of anilines is 1. The molecule has 1 fully saturated rings. The summed E-state index contributed by atoms with van der Waals surface area (Å²) in [5, 5.41) is 5.77. The molecule has 26 heavy (non-hydrogen) atoms. The number of nitrogens with one attached hydrogen (secondary N) is 2. The van der Waals surface area contributed by atoms with Gasteiger partial charge in [0.25, 0.3) is 0 Å². The molecule has 5 heteroatoms. The van der Waals surface area contributed by atoms with Gasteiger partial charge in [-0.15, -0.1) is 0 Å². The van der Waals surface area contributed by atoms with Crippen molar-refractivity contribution < 1.29 is 14.3 Å². The molecule has 0 aliphatic carbocycles. The van der Waals surface area contributed by atoms with Crippen LogP contribution in [0.3, 0.4) is 0 Å². The highest BCUT2D eigenvalue weighted by Gasteiger charge is 2.15. The van der Waals surface area contributed by atoms with Crippen molar-refractivity contribution in [3.05, 3.63) is 59.7 Å². The van der Waals surface area contributed by atoms with Crippen molar-refractivity contribution in [2.75, 3.05) is 18.5 Å². The van der Waals surface area contributed by atoms with E-state index in [2.05, 4.69) is 10.6 Å². The molecule has 0 radical (unpaired) electrons. The molecular formula is C21H26N2O3. The van der Waals surface area contributed by atoms with Crippen molar-refractivity contribution in [3.8, 4) is 5.75 Å². The Morgan fingerprint density at radius 2 is 2.08 bits per heavy atom. The first-order valence-corrected chi connectivity index (χ1v) is 9.14. The third kappa shape index (κ3) is 5.49. The molecule has 1 aliphatic heterocycles. The number of carbonyl (C=O) groups excluding carboxylic acids is 1. The first-order chi connectivity index (χ1) is 12.7. The van der Waals surface area contributed by atoms with Crippen molar-refractivity contribution >= 4 is 11.7 Å². The fourth-order valence-electron chi connectivity index (χ4n) is 2.97. The molecule has 1 atom stereocenters. The number of hydrogen-bond acceptors (Lipinski definition) is 3. The number of hydrogen-bond donors (Lipinski definition) is 2. The lowest BCUT2D eigenvalue weighted by atomic mass is 10.2. The molecule has 5 nitrogen and oxygen atoms in total. The van der Waals surface area contributed by atoms with E-state index in [-0.39, 0.29) is 12.1 Å². The van der Waals surface area contributed by atoms with Crippen molar-refractivity contribution in [3.63, 3.8) is 0 Å². The van der Waals surface area contributed by atoms with Gasteiger partial charge in [-0.05, 0) is 49.4 Å². The first kappa shape index (κ1) is 18.3. The molecule has 2 aromatic carbocycles. The quantitative estimate of drug-likeness (QED) is 0.781. The highest BCUT2D eigenvalue weighted by molar-refractivity contribution is 5.90. The first-order valence-electron chi connectivity index (χ1n) is 9.14. The largest absolute Gasteiger partial charge is 0.487 e. The van der Waals surface area contributed by atoms with Crippen LogP contribution in [0, 0.1) is 6.92 Å². The zero-order chi connectivity index (χ0) is 18.2. The van der Waals surface area contributed by atoms with Gasteiger partial charge in [-0.3, -0.25) is 0 Å². The monoisotopic (exact) mass is 354 g/mol. The van der Waals surface area contributed by atoms with Crippen LogP contribution in [0.4, 0.5) is 10.5 Å². The van der Waals surface area contributed by atoms with Gasteiger partial charge in [0.15, 0.2) is 0 Å². The highest BCUT2D eigenvalue weighted by Crippen LogP contribution is 2.26. The summed E-state index contributed by atoms with van der Waals surface area (Å²) >= 11 is 0. The lowest BCUT2D eigenvalue weighted by Gasteiger charge is -2.15. The average Bonchev–Trinajstić information content (AvgIpc) is 3.16. The average molecular weight is 354 g/mol. The van der Waals surface area contributed by atoms with Crippen LogP contribution < -0.4 is 15.4 Å². The van der Waals surface area contributed by atoms with E-state index in [1.165, 1.54) is 0 Å². The summed E-state index contributed by atoms with van der Waals surface area (Å²) in [6, 6.07) is 15.5. The summed E-state index contributed by atoms with van der Waals surface area (Å²) in [5.41, 5.74) is 2.83. The van der Waals surface area contributed by atoms with Crippen LogP contribution in [-0.2, 0) is 11.3 Å². The van der Waals surface area contributed by atoms with Crippen LogP contribution >= 0.6 is 0 Å². The lowest BCUT2D eigenvalue weighted by Crippen LogP contribution is -2.31. The van der Waals surface area contributed by atoms with Gasteiger partial charge >= 0.3 is 6.03 Å². The molecule has 1 aliphatic rings. The topological polar surface area (TPSA) is 59.6 Å². The summed E-state index contributed by atoms with van der Waals surface area (Å²) < 4.78 is 11.5. The number of ether oxygens (including phenoxy) is 2. The Morgan fingerprint density at radius 1 is 1.23 bits per heavy atom. The number of aryl methyl sites for hydroxylation is 1. The van der Waals surface area contributed by atoms with Crippen LogP contribution in [0.25, 0.3) is 0 Å². The van der Waals surface area contributed by atoms with E-state index in [9.17, 15) is 4.79 Å². The van der Waals surface area contributed by atoms with Crippen molar-refractivity contribution in [2.24, 2.45) is 0 Å². The summed E-state index contributed by atoms with van der Waals surface area (Å²) in [5.74, 6) is 0.670. The van der Waals surface area contributed by atoms with E-state index < -0.39 is 0 Å². The van der Waals surface area contributed by atoms with Crippen molar-refractivity contribution in [2.45, 2.75) is 38.9 Å². The molecule has 2 N–H and O–H groups in total. The number of carbonyl (C=O) groups is 1. The predicted octanol–water partition coefficient (Wildman–Crippen LogP) is 4.26. The van der Waals surface area contributed by atoms with Gasteiger partial charge in [0.2, 0.25) is 0 Å². The fraction of sp³-hybridized carbons (Fsp3) is 0.381. The number of rotatable bonds is 7. The summed E-state index contributed by atoms with van der Waals surface area (Å²) in [4.78, 5) is 12.2. The van der Waals surface area contributed by atoms with Crippen LogP contribution in [0.2, 0.25) is 0 Å². The van der Waals surface area contributed by atoms with Crippen molar-refractivity contribution in [1.29, 1.82) is 0 Å². The maximum absolute atomic E-state index is 12.2. The minimum Gasteiger partial charge on any atom is -0.487 e. The SMILES string of the molecule is Cc1ccc(NC(=O)NCC[C@H]2CCCO2)c(OCc2ccccc2)c1. The van der Waals surface area contributed by atoms with Crippen LogP contribution in [0.1, 0.15) is 30.4 Å². The Kier molecular flexibility index (Phi) is 6.50. The molecule has 138 valence electrons. The van der Waals surface area contributed by atoms with Crippen LogP contribution in [-0.4, -0.2) is 25.3 Å². The summed E-state index contributed by atoms with van der Waals surface area (Å²) in [6.45, 7) is 3.89. The second-order valence-corrected chi connectivity index (χ2v) is 6.58. The van der Waals surface area contributed by atoms with E-state index in [4.69, 9.17) is 9.47 Å². The van der Waals surface area contributed by atoms with E-state index in [0.717, 1.165) is 37.0 Å². The zero-order valence-corrected chi connectivity index (χ0v) is 15.2. The number of amides is 2. The normalized spacial score (nSPS) is 16.3. The smallest absolute Gasteiger partial charge is 0.319 e. The highest BCUT2D eigenvalue weighted by atomic mass is 16.5. The van der Waals surface area contributed by atoms with Gasteiger partial charge in [0.1, 0.15) is 12.4 Å². The zero-order valence-electron chi connectivity index (χ0n) is 15.2. The van der Waals surface area contributed by atoms with Crippen molar-refractivity contribution in [1.82, 2.24) is 5.32 Å². The molecule has 1 heterocycles. The van der Waals surface area contributed by atoms with E-state index in [1.54, 1.807) is 0 Å². The molecule has 0 saturated carbocycles.